The largest absolute Gasteiger partial charge is 0.318 e. The van der Waals surface area contributed by atoms with Crippen LogP contribution in [0, 0.1) is 0 Å². The van der Waals surface area contributed by atoms with Gasteiger partial charge in [-0.15, -0.1) is 0 Å². The summed E-state index contributed by atoms with van der Waals surface area (Å²) in [7, 11) is 4.22. The van der Waals surface area contributed by atoms with Gasteiger partial charge in [0.05, 0.1) is 0 Å². The SMILES string of the molecule is CC.CNCC1CCCN1C. The summed E-state index contributed by atoms with van der Waals surface area (Å²) in [5.74, 6) is 0. The highest BCUT2D eigenvalue weighted by Gasteiger charge is 2.18. The lowest BCUT2D eigenvalue weighted by Crippen LogP contribution is -2.33. The van der Waals surface area contributed by atoms with Gasteiger partial charge in [-0.2, -0.15) is 0 Å². The Bertz CT molecular complexity index is 83.6. The topological polar surface area (TPSA) is 15.3 Å². The lowest BCUT2D eigenvalue weighted by Gasteiger charge is -2.18. The van der Waals surface area contributed by atoms with Crippen LogP contribution in [0.5, 0.6) is 0 Å². The van der Waals surface area contributed by atoms with Crippen molar-refractivity contribution in [2.24, 2.45) is 0 Å². The Morgan fingerprint density at radius 2 is 2.09 bits per heavy atom. The molecule has 1 N–H and O–H groups in total. The van der Waals surface area contributed by atoms with Gasteiger partial charge in [0.1, 0.15) is 0 Å². The Morgan fingerprint density at radius 3 is 2.45 bits per heavy atom. The maximum absolute atomic E-state index is 3.20. The third kappa shape index (κ3) is 3.73. The normalized spacial score (nSPS) is 24.5. The first-order valence-corrected chi connectivity index (χ1v) is 4.69. The number of rotatable bonds is 2. The first kappa shape index (κ1) is 10.9. The molecule has 0 saturated carbocycles. The fourth-order valence-electron chi connectivity index (χ4n) is 1.47. The monoisotopic (exact) mass is 158 g/mol. The van der Waals surface area contributed by atoms with E-state index in [-0.39, 0.29) is 0 Å². The fourth-order valence-corrected chi connectivity index (χ4v) is 1.47. The summed E-state index contributed by atoms with van der Waals surface area (Å²) in [5.41, 5.74) is 0. The Kier molecular flexibility index (Phi) is 6.57. The number of nitrogens with zero attached hydrogens (tertiary/aromatic N) is 1. The molecule has 1 unspecified atom stereocenters. The molecule has 0 aromatic carbocycles. The second-order valence-corrected chi connectivity index (χ2v) is 2.83. The first-order chi connectivity index (χ1) is 5.34. The summed E-state index contributed by atoms with van der Waals surface area (Å²) in [6.45, 7) is 6.43. The summed E-state index contributed by atoms with van der Waals surface area (Å²) in [5, 5.41) is 3.20. The van der Waals surface area contributed by atoms with Crippen LogP contribution in [0.1, 0.15) is 26.7 Å². The number of hydrogen-bond donors (Lipinski definition) is 1. The third-order valence-electron chi connectivity index (χ3n) is 2.11. The minimum absolute atomic E-state index is 0.801. The Hall–Kier alpha value is -0.0800. The second kappa shape index (κ2) is 6.62. The zero-order chi connectivity index (χ0) is 8.69. The highest BCUT2D eigenvalue weighted by Crippen LogP contribution is 2.12. The third-order valence-corrected chi connectivity index (χ3v) is 2.11. The number of nitrogens with one attached hydrogen (secondary N) is 1. The van der Waals surface area contributed by atoms with Crippen molar-refractivity contribution in [3.63, 3.8) is 0 Å². The Labute approximate surface area is 71.0 Å². The van der Waals surface area contributed by atoms with Crippen molar-refractivity contribution in [1.29, 1.82) is 0 Å². The first-order valence-electron chi connectivity index (χ1n) is 4.69. The molecule has 1 fully saturated rings. The van der Waals surface area contributed by atoms with Crippen LogP contribution in [0.25, 0.3) is 0 Å². The zero-order valence-electron chi connectivity index (χ0n) is 8.35. The molecule has 0 spiro atoms. The molecule has 0 aromatic rings. The van der Waals surface area contributed by atoms with Gasteiger partial charge >= 0.3 is 0 Å². The molecule has 1 atom stereocenters. The van der Waals surface area contributed by atoms with Crippen molar-refractivity contribution in [2.75, 3.05) is 27.2 Å². The van der Waals surface area contributed by atoms with Gasteiger partial charge in [0.25, 0.3) is 0 Å². The highest BCUT2D eigenvalue weighted by molar-refractivity contribution is 4.77. The molecule has 1 heterocycles. The molecule has 0 aliphatic carbocycles. The predicted molar refractivity (Wildman–Crippen MR) is 50.9 cm³/mol. The minimum Gasteiger partial charge on any atom is -0.318 e. The van der Waals surface area contributed by atoms with Crippen molar-refractivity contribution in [2.45, 2.75) is 32.7 Å². The molecule has 1 aliphatic heterocycles. The average molecular weight is 158 g/mol. The van der Waals surface area contributed by atoms with Crippen LogP contribution in [0.3, 0.4) is 0 Å². The van der Waals surface area contributed by atoms with E-state index in [9.17, 15) is 0 Å². The molecule has 1 rings (SSSR count). The lowest BCUT2D eigenvalue weighted by molar-refractivity contribution is 0.305. The van der Waals surface area contributed by atoms with Gasteiger partial charge in [0.2, 0.25) is 0 Å². The van der Waals surface area contributed by atoms with E-state index in [2.05, 4.69) is 17.3 Å². The van der Waals surface area contributed by atoms with Gasteiger partial charge in [0.15, 0.2) is 0 Å². The van der Waals surface area contributed by atoms with Gasteiger partial charge < -0.3 is 10.2 Å². The van der Waals surface area contributed by atoms with E-state index in [1.165, 1.54) is 19.4 Å². The average Bonchev–Trinajstić information content (AvgIpc) is 2.42. The van der Waals surface area contributed by atoms with Crippen molar-refractivity contribution in [1.82, 2.24) is 10.2 Å². The minimum atomic E-state index is 0.801. The summed E-state index contributed by atoms with van der Waals surface area (Å²) in [6, 6.07) is 0.801. The number of likely N-dealkylation sites (tertiary alicyclic amines) is 1. The van der Waals surface area contributed by atoms with Crippen LogP contribution < -0.4 is 5.32 Å². The molecule has 11 heavy (non-hydrogen) atoms. The molecule has 1 aliphatic rings. The molecule has 68 valence electrons. The second-order valence-electron chi connectivity index (χ2n) is 2.83. The van der Waals surface area contributed by atoms with E-state index in [1.54, 1.807) is 0 Å². The van der Waals surface area contributed by atoms with Crippen LogP contribution >= 0.6 is 0 Å². The highest BCUT2D eigenvalue weighted by atomic mass is 15.2. The van der Waals surface area contributed by atoms with Crippen LogP contribution in [-0.2, 0) is 0 Å². The quantitative estimate of drug-likeness (QED) is 0.652. The van der Waals surface area contributed by atoms with E-state index in [4.69, 9.17) is 0 Å². The predicted octanol–water partition coefficient (Wildman–Crippen LogP) is 1.33. The molecular formula is C9H22N2. The molecule has 1 saturated heterocycles. The van der Waals surface area contributed by atoms with Crippen molar-refractivity contribution < 1.29 is 0 Å². The van der Waals surface area contributed by atoms with Gasteiger partial charge in [-0.1, -0.05) is 13.8 Å². The maximum Gasteiger partial charge on any atom is 0.0217 e. The molecule has 0 amide bonds. The van der Waals surface area contributed by atoms with Crippen LogP contribution in [-0.4, -0.2) is 38.1 Å². The summed E-state index contributed by atoms with van der Waals surface area (Å²) >= 11 is 0. The lowest BCUT2D eigenvalue weighted by atomic mass is 10.2. The van der Waals surface area contributed by atoms with Gasteiger partial charge in [-0.3, -0.25) is 0 Å². The van der Waals surface area contributed by atoms with Gasteiger partial charge in [0, 0.05) is 12.6 Å². The van der Waals surface area contributed by atoms with Crippen LogP contribution in [0.2, 0.25) is 0 Å². The van der Waals surface area contributed by atoms with E-state index in [0.717, 1.165) is 12.6 Å². The Balaban J connectivity index is 0.000000461. The molecule has 2 nitrogen and oxygen atoms in total. The van der Waals surface area contributed by atoms with Crippen LogP contribution in [0.15, 0.2) is 0 Å². The van der Waals surface area contributed by atoms with Gasteiger partial charge in [-0.05, 0) is 33.5 Å². The standard InChI is InChI=1S/C7H16N2.C2H6/c1-8-6-7-4-3-5-9(7)2;1-2/h7-8H,3-6H2,1-2H3;1-2H3. The fraction of sp³-hybridized carbons (Fsp3) is 1.00. The summed E-state index contributed by atoms with van der Waals surface area (Å²) in [6.07, 6.45) is 2.75. The van der Waals surface area contributed by atoms with Crippen LogP contribution in [0.4, 0.5) is 0 Å². The van der Waals surface area contributed by atoms with Gasteiger partial charge in [-0.25, -0.2) is 0 Å². The van der Waals surface area contributed by atoms with E-state index in [0.29, 0.717) is 0 Å². The molecule has 0 aromatic heterocycles. The van der Waals surface area contributed by atoms with Crippen molar-refractivity contribution in [3.8, 4) is 0 Å². The van der Waals surface area contributed by atoms with Crippen molar-refractivity contribution in [3.05, 3.63) is 0 Å². The number of hydrogen-bond acceptors (Lipinski definition) is 2. The summed E-state index contributed by atoms with van der Waals surface area (Å²) < 4.78 is 0. The molecule has 0 radical (unpaired) electrons. The number of likely N-dealkylation sites (N-methyl/N-ethyl adjacent to an activating group) is 2. The molecule has 2 heteroatoms. The Morgan fingerprint density at radius 1 is 1.45 bits per heavy atom. The smallest absolute Gasteiger partial charge is 0.0217 e. The molecule has 0 bridgehead atoms. The van der Waals surface area contributed by atoms with E-state index < -0.39 is 0 Å². The molecular weight excluding hydrogens is 136 g/mol. The van der Waals surface area contributed by atoms with E-state index >= 15 is 0 Å². The van der Waals surface area contributed by atoms with E-state index in [1.807, 2.05) is 20.9 Å². The zero-order valence-corrected chi connectivity index (χ0v) is 8.35. The van der Waals surface area contributed by atoms with Crippen molar-refractivity contribution >= 4 is 0 Å². The summed E-state index contributed by atoms with van der Waals surface area (Å²) in [4.78, 5) is 2.43. The maximum atomic E-state index is 3.20.